The molecule has 2 heteroatoms. The molecule has 0 aliphatic heterocycles. The molecule has 2 aromatic carbocycles. The first-order valence-electron chi connectivity index (χ1n) is 8.84. The molecule has 0 aliphatic rings. The van der Waals surface area contributed by atoms with Crippen LogP contribution in [0.2, 0.25) is 0 Å². The Labute approximate surface area is 155 Å². The zero-order valence-corrected chi connectivity index (χ0v) is 16.3. The Hall–Kier alpha value is -1.93. The standard InChI is InChI=1S/C23H26OS/c1-17-10-8-9-13-20(17)22-21(25-19-11-6-5-7-12-19)16-18(24-22)14-15-23(2,3)4/h5-13,16H,14-15H2,1-4H3. The zero-order valence-electron chi connectivity index (χ0n) is 15.5. The van der Waals surface area contributed by atoms with E-state index in [1.165, 1.54) is 20.9 Å². The minimum absolute atomic E-state index is 0.308. The lowest BCUT2D eigenvalue weighted by atomic mass is 9.90. The van der Waals surface area contributed by atoms with E-state index in [1.807, 2.05) is 0 Å². The normalized spacial score (nSPS) is 11.7. The molecular weight excluding hydrogens is 324 g/mol. The van der Waals surface area contributed by atoms with Crippen molar-refractivity contribution in [1.29, 1.82) is 0 Å². The highest BCUT2D eigenvalue weighted by Crippen LogP contribution is 2.40. The molecule has 25 heavy (non-hydrogen) atoms. The Balaban J connectivity index is 1.96. The van der Waals surface area contributed by atoms with Gasteiger partial charge < -0.3 is 4.42 Å². The van der Waals surface area contributed by atoms with Gasteiger partial charge >= 0.3 is 0 Å². The summed E-state index contributed by atoms with van der Waals surface area (Å²) >= 11 is 1.78. The average Bonchev–Trinajstić information content (AvgIpc) is 2.96. The largest absolute Gasteiger partial charge is 0.460 e. The lowest BCUT2D eigenvalue weighted by Gasteiger charge is -2.16. The fourth-order valence-corrected chi connectivity index (χ4v) is 3.73. The van der Waals surface area contributed by atoms with Crippen molar-refractivity contribution in [2.45, 2.75) is 50.3 Å². The molecule has 0 N–H and O–H groups in total. The van der Waals surface area contributed by atoms with Crippen LogP contribution < -0.4 is 0 Å². The van der Waals surface area contributed by atoms with Gasteiger partial charge in [0, 0.05) is 16.9 Å². The first-order valence-corrected chi connectivity index (χ1v) is 9.66. The summed E-state index contributed by atoms with van der Waals surface area (Å²) in [6, 6.07) is 21.2. The Morgan fingerprint density at radius 2 is 1.60 bits per heavy atom. The highest BCUT2D eigenvalue weighted by Gasteiger charge is 2.18. The second-order valence-electron chi connectivity index (χ2n) is 7.70. The van der Waals surface area contributed by atoms with Crippen molar-refractivity contribution >= 4 is 11.8 Å². The Bertz CT molecular complexity index is 825. The molecule has 0 aliphatic carbocycles. The smallest absolute Gasteiger partial charge is 0.148 e. The predicted octanol–water partition coefficient (Wildman–Crippen LogP) is 7.38. The van der Waals surface area contributed by atoms with E-state index in [0.717, 1.165) is 24.4 Å². The molecule has 0 saturated heterocycles. The van der Waals surface area contributed by atoms with Crippen molar-refractivity contribution < 1.29 is 4.42 Å². The maximum Gasteiger partial charge on any atom is 0.148 e. The lowest BCUT2D eigenvalue weighted by molar-refractivity contribution is 0.360. The molecule has 0 unspecified atom stereocenters. The molecule has 1 heterocycles. The van der Waals surface area contributed by atoms with Crippen molar-refractivity contribution in [1.82, 2.24) is 0 Å². The molecule has 0 fully saturated rings. The van der Waals surface area contributed by atoms with Gasteiger partial charge in [-0.15, -0.1) is 0 Å². The van der Waals surface area contributed by atoms with Crippen molar-refractivity contribution in [3.05, 3.63) is 72.0 Å². The Morgan fingerprint density at radius 1 is 0.920 bits per heavy atom. The highest BCUT2D eigenvalue weighted by molar-refractivity contribution is 7.99. The van der Waals surface area contributed by atoms with E-state index in [4.69, 9.17) is 4.42 Å². The fourth-order valence-electron chi connectivity index (χ4n) is 2.75. The maximum atomic E-state index is 6.33. The highest BCUT2D eigenvalue weighted by atomic mass is 32.2. The maximum absolute atomic E-state index is 6.33. The summed E-state index contributed by atoms with van der Waals surface area (Å²) in [6.45, 7) is 8.97. The van der Waals surface area contributed by atoms with E-state index in [2.05, 4.69) is 88.4 Å². The minimum Gasteiger partial charge on any atom is -0.460 e. The summed E-state index contributed by atoms with van der Waals surface area (Å²) in [5, 5.41) is 0. The fraction of sp³-hybridized carbons (Fsp3) is 0.304. The van der Waals surface area contributed by atoms with Crippen LogP contribution in [-0.2, 0) is 6.42 Å². The SMILES string of the molecule is Cc1ccccc1-c1oc(CCC(C)(C)C)cc1Sc1ccccc1. The van der Waals surface area contributed by atoms with Crippen LogP contribution in [0.15, 0.2) is 74.9 Å². The van der Waals surface area contributed by atoms with Gasteiger partial charge in [-0.05, 0) is 42.5 Å². The van der Waals surface area contributed by atoms with E-state index < -0.39 is 0 Å². The topological polar surface area (TPSA) is 13.1 Å². The van der Waals surface area contributed by atoms with E-state index in [9.17, 15) is 0 Å². The van der Waals surface area contributed by atoms with Crippen LogP contribution in [0.25, 0.3) is 11.3 Å². The molecule has 3 aromatic rings. The third kappa shape index (κ3) is 4.79. The molecule has 0 amide bonds. The Morgan fingerprint density at radius 3 is 2.28 bits per heavy atom. The minimum atomic E-state index is 0.308. The number of aryl methyl sites for hydroxylation is 2. The summed E-state index contributed by atoms with van der Waals surface area (Å²) in [4.78, 5) is 2.44. The van der Waals surface area contributed by atoms with Gasteiger partial charge in [-0.3, -0.25) is 0 Å². The molecule has 0 bridgehead atoms. The molecule has 0 atom stereocenters. The van der Waals surface area contributed by atoms with E-state index in [1.54, 1.807) is 11.8 Å². The van der Waals surface area contributed by atoms with Gasteiger partial charge in [-0.2, -0.15) is 0 Å². The van der Waals surface area contributed by atoms with Gasteiger partial charge in [0.15, 0.2) is 0 Å². The van der Waals surface area contributed by atoms with Crippen molar-refractivity contribution in [2.24, 2.45) is 5.41 Å². The van der Waals surface area contributed by atoms with E-state index >= 15 is 0 Å². The van der Waals surface area contributed by atoms with Crippen LogP contribution in [0.4, 0.5) is 0 Å². The third-order valence-corrected chi connectivity index (χ3v) is 5.26. The number of rotatable bonds is 5. The van der Waals surface area contributed by atoms with Crippen molar-refractivity contribution in [3.8, 4) is 11.3 Å². The van der Waals surface area contributed by atoms with Gasteiger partial charge in [0.1, 0.15) is 11.5 Å². The molecule has 1 nitrogen and oxygen atoms in total. The van der Waals surface area contributed by atoms with Gasteiger partial charge in [0.2, 0.25) is 0 Å². The van der Waals surface area contributed by atoms with Crippen LogP contribution in [0.3, 0.4) is 0 Å². The third-order valence-electron chi connectivity index (χ3n) is 4.23. The van der Waals surface area contributed by atoms with Gasteiger partial charge in [-0.25, -0.2) is 0 Å². The molecule has 3 rings (SSSR count). The summed E-state index contributed by atoms with van der Waals surface area (Å²) in [5.41, 5.74) is 2.74. The second kappa shape index (κ2) is 7.53. The lowest BCUT2D eigenvalue weighted by Crippen LogP contribution is -2.05. The van der Waals surface area contributed by atoms with E-state index in [-0.39, 0.29) is 0 Å². The molecule has 0 spiro atoms. The number of hydrogen-bond acceptors (Lipinski definition) is 2. The summed E-state index contributed by atoms with van der Waals surface area (Å²) < 4.78 is 6.33. The summed E-state index contributed by atoms with van der Waals surface area (Å²) in [6.07, 6.45) is 2.08. The second-order valence-corrected chi connectivity index (χ2v) is 8.81. The predicted molar refractivity (Wildman–Crippen MR) is 107 cm³/mol. The quantitative estimate of drug-likeness (QED) is 0.476. The summed E-state index contributed by atoms with van der Waals surface area (Å²) in [7, 11) is 0. The number of furan rings is 1. The van der Waals surface area contributed by atoms with Crippen molar-refractivity contribution in [2.75, 3.05) is 0 Å². The van der Waals surface area contributed by atoms with Crippen LogP contribution in [-0.4, -0.2) is 0 Å². The molecule has 0 saturated carbocycles. The monoisotopic (exact) mass is 350 g/mol. The Kier molecular flexibility index (Phi) is 5.39. The molecule has 0 radical (unpaired) electrons. The van der Waals surface area contributed by atoms with Gasteiger partial charge in [-0.1, -0.05) is 75.0 Å². The van der Waals surface area contributed by atoms with Crippen LogP contribution in [0, 0.1) is 12.3 Å². The van der Waals surface area contributed by atoms with Crippen LogP contribution >= 0.6 is 11.8 Å². The van der Waals surface area contributed by atoms with E-state index in [0.29, 0.717) is 5.41 Å². The average molecular weight is 351 g/mol. The number of benzene rings is 2. The van der Waals surface area contributed by atoms with Crippen LogP contribution in [0.1, 0.15) is 38.5 Å². The molecule has 130 valence electrons. The van der Waals surface area contributed by atoms with Gasteiger partial charge in [0.05, 0.1) is 4.90 Å². The van der Waals surface area contributed by atoms with Gasteiger partial charge in [0.25, 0.3) is 0 Å². The number of hydrogen-bond donors (Lipinski definition) is 0. The van der Waals surface area contributed by atoms with Crippen molar-refractivity contribution in [3.63, 3.8) is 0 Å². The molecule has 1 aromatic heterocycles. The zero-order chi connectivity index (χ0) is 17.9. The molecular formula is C23H26OS. The first kappa shape index (κ1) is 17.9. The first-order chi connectivity index (χ1) is 11.9. The summed E-state index contributed by atoms with van der Waals surface area (Å²) in [5.74, 6) is 2.07. The van der Waals surface area contributed by atoms with Crippen LogP contribution in [0.5, 0.6) is 0 Å².